The normalized spacial score (nSPS) is 14.9. The van der Waals surface area contributed by atoms with Crippen LogP contribution in [-0.2, 0) is 9.59 Å². The van der Waals surface area contributed by atoms with Crippen molar-refractivity contribution in [2.75, 3.05) is 6.54 Å². The zero-order valence-electron chi connectivity index (χ0n) is 17.7. The number of nitrogens with zero attached hydrogens (tertiary/aromatic N) is 1. The summed E-state index contributed by atoms with van der Waals surface area (Å²) in [5.41, 5.74) is 1.49. The van der Waals surface area contributed by atoms with Gasteiger partial charge in [-0.3, -0.25) is 14.5 Å². The highest BCUT2D eigenvalue weighted by Gasteiger charge is 2.32. The Hall–Kier alpha value is -2.76. The van der Waals surface area contributed by atoms with Crippen LogP contribution in [0.15, 0.2) is 68.0 Å². The molecule has 0 saturated carbocycles. The summed E-state index contributed by atoms with van der Waals surface area (Å²) in [6.45, 7) is 0.0913. The molecule has 0 unspecified atom stereocenters. The first-order valence-electron chi connectivity index (χ1n) is 10.2. The third-order valence-corrected chi connectivity index (χ3v) is 8.44. The summed E-state index contributed by atoms with van der Waals surface area (Å²) >= 11 is 15.4. The van der Waals surface area contributed by atoms with Crippen molar-refractivity contribution in [3.05, 3.63) is 78.4 Å². The second kappa shape index (κ2) is 10.1. The van der Waals surface area contributed by atoms with E-state index in [9.17, 15) is 14.4 Å². The Bertz CT molecular complexity index is 1550. The average molecular weight is 560 g/mol. The van der Waals surface area contributed by atoms with Gasteiger partial charge in [0.15, 0.2) is 0 Å². The fraction of sp³-hybridized carbons (Fsp3) is 0.0833. The van der Waals surface area contributed by atoms with Gasteiger partial charge in [-0.05, 0) is 35.7 Å². The van der Waals surface area contributed by atoms with Gasteiger partial charge in [0.25, 0.3) is 5.91 Å². The molecule has 5 rings (SSSR count). The molecule has 0 radical (unpaired) electrons. The Morgan fingerprint density at radius 2 is 1.97 bits per heavy atom. The van der Waals surface area contributed by atoms with Gasteiger partial charge >= 0.3 is 10.9 Å². The van der Waals surface area contributed by atoms with Gasteiger partial charge in [0, 0.05) is 27.6 Å². The van der Waals surface area contributed by atoms with E-state index < -0.39 is 10.9 Å². The minimum absolute atomic E-state index is 0.0691. The van der Waals surface area contributed by atoms with Crippen molar-refractivity contribution in [2.24, 2.45) is 0 Å². The highest BCUT2D eigenvalue weighted by molar-refractivity contribution is 8.26. The molecule has 0 bridgehead atoms. The predicted octanol–water partition coefficient (Wildman–Crippen LogP) is 6.43. The summed E-state index contributed by atoms with van der Waals surface area (Å²) < 4.78 is 11.8. The second-order valence-corrected chi connectivity index (χ2v) is 11.3. The predicted molar refractivity (Wildman–Crippen MR) is 145 cm³/mol. The van der Waals surface area contributed by atoms with Crippen molar-refractivity contribution in [2.45, 2.75) is 6.42 Å². The first-order valence-corrected chi connectivity index (χ1v) is 13.5. The Morgan fingerprint density at radius 1 is 1.14 bits per heavy atom. The van der Waals surface area contributed by atoms with Crippen LogP contribution < -0.4 is 9.68 Å². The highest BCUT2D eigenvalue weighted by atomic mass is 35.5. The number of fused-ring (bicyclic) bond motifs is 1. The quantitative estimate of drug-likeness (QED) is 0.116. The summed E-state index contributed by atoms with van der Waals surface area (Å²) in [4.78, 5) is 39.9. The number of rotatable bonds is 6. The summed E-state index contributed by atoms with van der Waals surface area (Å²) in [5, 5.41) is 2.37. The Labute approximate surface area is 221 Å². The molecule has 0 N–H and O–H groups in total. The third-order valence-electron chi connectivity index (χ3n) is 5.06. The van der Waals surface area contributed by atoms with Gasteiger partial charge in [0.2, 0.25) is 0 Å². The van der Waals surface area contributed by atoms with Gasteiger partial charge in [-0.1, -0.05) is 71.2 Å². The van der Waals surface area contributed by atoms with E-state index in [1.54, 1.807) is 42.5 Å². The summed E-state index contributed by atoms with van der Waals surface area (Å²) in [7, 11) is 0. The molecule has 2 aromatic carbocycles. The van der Waals surface area contributed by atoms with Crippen molar-refractivity contribution >= 4 is 90.8 Å². The fourth-order valence-electron chi connectivity index (χ4n) is 3.50. The number of hydrogen-bond donors (Lipinski definition) is 0. The standard InChI is InChI=1S/C24H14ClNO5S4/c25-15-6-2-1-5-14(15)20-16(7-8-17-21(20)35-24(29)31-17)30-19(27)9-10-26-22(28)18(34-23(26)32)12-13-4-3-11-33-13/h1-8,11-12H,9-10H2/b18-12-. The van der Waals surface area contributed by atoms with E-state index in [1.807, 2.05) is 17.5 Å². The maximum Gasteiger partial charge on any atom is 0.396 e. The molecule has 6 nitrogen and oxygen atoms in total. The van der Waals surface area contributed by atoms with E-state index in [0.29, 0.717) is 35.7 Å². The lowest BCUT2D eigenvalue weighted by atomic mass is 10.0. The SMILES string of the molecule is O=C(CCN1C(=O)/C(=C/c2cccs2)SC1=S)Oc1ccc2oc(=O)sc2c1-c1ccccc1Cl. The van der Waals surface area contributed by atoms with Crippen molar-refractivity contribution in [1.29, 1.82) is 0 Å². The number of benzene rings is 2. The zero-order valence-corrected chi connectivity index (χ0v) is 21.7. The number of esters is 1. The molecule has 35 heavy (non-hydrogen) atoms. The molecule has 1 aliphatic rings. The van der Waals surface area contributed by atoms with Crippen LogP contribution in [0.25, 0.3) is 27.5 Å². The molecule has 176 valence electrons. The molecule has 3 heterocycles. The number of carbonyl (C=O) groups excluding carboxylic acids is 2. The van der Waals surface area contributed by atoms with Gasteiger partial charge in [0.1, 0.15) is 15.7 Å². The number of hydrogen-bond acceptors (Lipinski definition) is 9. The largest absolute Gasteiger partial charge is 0.426 e. The van der Waals surface area contributed by atoms with E-state index in [-0.39, 0.29) is 24.6 Å². The van der Waals surface area contributed by atoms with Crippen molar-refractivity contribution in [1.82, 2.24) is 4.90 Å². The van der Waals surface area contributed by atoms with Crippen LogP contribution in [0.3, 0.4) is 0 Å². The van der Waals surface area contributed by atoms with Crippen LogP contribution in [0, 0.1) is 0 Å². The molecule has 1 saturated heterocycles. The monoisotopic (exact) mass is 559 g/mol. The molecular weight excluding hydrogens is 546 g/mol. The minimum Gasteiger partial charge on any atom is -0.426 e. The lowest BCUT2D eigenvalue weighted by molar-refractivity contribution is -0.134. The van der Waals surface area contributed by atoms with E-state index >= 15 is 0 Å². The number of carbonyl (C=O) groups is 2. The number of amides is 1. The average Bonchev–Trinajstić information content (AvgIpc) is 3.53. The Kier molecular flexibility index (Phi) is 6.90. The van der Waals surface area contributed by atoms with Gasteiger partial charge in [-0.15, -0.1) is 11.3 Å². The molecule has 0 aliphatic carbocycles. The molecule has 11 heteroatoms. The second-order valence-electron chi connectivity index (χ2n) is 7.27. The van der Waals surface area contributed by atoms with Crippen LogP contribution in [0.5, 0.6) is 5.75 Å². The number of thioether (sulfide) groups is 1. The maximum atomic E-state index is 12.8. The lowest BCUT2D eigenvalue weighted by Crippen LogP contribution is -2.31. The number of thiophene rings is 1. The zero-order chi connectivity index (χ0) is 24.5. The Morgan fingerprint density at radius 3 is 2.74 bits per heavy atom. The summed E-state index contributed by atoms with van der Waals surface area (Å²) in [5.74, 6) is -0.539. The van der Waals surface area contributed by atoms with E-state index in [4.69, 9.17) is 33.0 Å². The van der Waals surface area contributed by atoms with Crippen molar-refractivity contribution in [3.63, 3.8) is 0 Å². The number of thiocarbonyl (C=S) groups is 1. The van der Waals surface area contributed by atoms with E-state index in [0.717, 1.165) is 16.2 Å². The molecule has 1 aliphatic heterocycles. The van der Waals surface area contributed by atoms with Crippen molar-refractivity contribution < 1.29 is 18.7 Å². The van der Waals surface area contributed by atoms with Gasteiger partial charge < -0.3 is 9.15 Å². The molecule has 1 amide bonds. The van der Waals surface area contributed by atoms with Crippen LogP contribution in [-0.4, -0.2) is 27.6 Å². The minimum atomic E-state index is -0.551. The summed E-state index contributed by atoms with van der Waals surface area (Å²) in [6, 6.07) is 14.0. The maximum absolute atomic E-state index is 12.8. The summed E-state index contributed by atoms with van der Waals surface area (Å²) in [6.07, 6.45) is 1.73. The van der Waals surface area contributed by atoms with E-state index in [1.165, 1.54) is 28.0 Å². The Balaban J connectivity index is 1.36. The number of ether oxygens (including phenoxy) is 1. The van der Waals surface area contributed by atoms with Gasteiger partial charge in [-0.25, -0.2) is 4.79 Å². The molecule has 1 fully saturated rings. The lowest BCUT2D eigenvalue weighted by Gasteiger charge is -2.15. The van der Waals surface area contributed by atoms with Crippen LogP contribution in [0.4, 0.5) is 0 Å². The molecule has 0 spiro atoms. The van der Waals surface area contributed by atoms with Gasteiger partial charge in [-0.2, -0.15) is 0 Å². The van der Waals surface area contributed by atoms with Crippen LogP contribution in [0.1, 0.15) is 11.3 Å². The molecular formula is C24H14ClNO5S4. The fourth-order valence-corrected chi connectivity index (χ4v) is 6.58. The third kappa shape index (κ3) is 4.98. The van der Waals surface area contributed by atoms with Crippen molar-refractivity contribution in [3.8, 4) is 16.9 Å². The van der Waals surface area contributed by atoms with Crippen LogP contribution >= 0.6 is 58.3 Å². The van der Waals surface area contributed by atoms with Gasteiger partial charge in [0.05, 0.1) is 16.0 Å². The first-order chi connectivity index (χ1) is 16.9. The topological polar surface area (TPSA) is 76.8 Å². The van der Waals surface area contributed by atoms with E-state index in [2.05, 4.69) is 0 Å². The molecule has 0 atom stereocenters. The smallest absolute Gasteiger partial charge is 0.396 e. The van der Waals surface area contributed by atoms with Crippen LogP contribution in [0.2, 0.25) is 5.02 Å². The number of halogens is 1. The molecule has 2 aromatic heterocycles. The first kappa shape index (κ1) is 24.0. The highest BCUT2D eigenvalue weighted by Crippen LogP contribution is 2.42. The molecule has 4 aromatic rings.